The van der Waals surface area contributed by atoms with Gasteiger partial charge in [0.25, 0.3) is 0 Å². The van der Waals surface area contributed by atoms with Gasteiger partial charge in [-0.2, -0.15) is 0 Å². The predicted octanol–water partition coefficient (Wildman–Crippen LogP) is 2.01. The molecule has 0 aliphatic rings. The monoisotopic (exact) mass is 236 g/mol. The Bertz CT molecular complexity index is 379. The number of methoxy groups -OCH3 is 1. The van der Waals surface area contributed by atoms with Gasteiger partial charge in [-0.1, -0.05) is 20.8 Å². The largest absolute Gasteiger partial charge is 0.497 e. The lowest BCUT2D eigenvalue weighted by Crippen LogP contribution is -2.45. The van der Waals surface area contributed by atoms with Gasteiger partial charge in [-0.05, 0) is 29.7 Å². The van der Waals surface area contributed by atoms with Crippen molar-refractivity contribution in [2.75, 3.05) is 12.4 Å². The van der Waals surface area contributed by atoms with Gasteiger partial charge in [0.05, 0.1) is 13.2 Å². The molecule has 0 aliphatic heterocycles. The van der Waals surface area contributed by atoms with E-state index in [-0.39, 0.29) is 11.3 Å². The van der Waals surface area contributed by atoms with E-state index in [9.17, 15) is 4.79 Å². The number of nitrogens with one attached hydrogen (secondary N) is 1. The standard InChI is InChI=1S/C13H20N2O2/c1-13(2,3)11(14)12(16)15-9-5-7-10(17-4)8-6-9/h5-8,11H,14H2,1-4H3,(H,15,16)/t11-/m0/s1. The zero-order valence-electron chi connectivity index (χ0n) is 10.8. The van der Waals surface area contributed by atoms with Gasteiger partial charge < -0.3 is 15.8 Å². The van der Waals surface area contributed by atoms with Gasteiger partial charge in [0.15, 0.2) is 0 Å². The molecule has 1 amide bonds. The molecule has 0 spiro atoms. The van der Waals surface area contributed by atoms with Crippen LogP contribution in [0.15, 0.2) is 24.3 Å². The van der Waals surface area contributed by atoms with E-state index in [0.717, 1.165) is 11.4 Å². The molecule has 17 heavy (non-hydrogen) atoms. The second-order valence-electron chi connectivity index (χ2n) is 5.06. The number of hydrogen-bond acceptors (Lipinski definition) is 3. The first-order valence-corrected chi connectivity index (χ1v) is 5.55. The van der Waals surface area contributed by atoms with Crippen LogP contribution < -0.4 is 15.8 Å². The highest BCUT2D eigenvalue weighted by Crippen LogP contribution is 2.20. The fraction of sp³-hybridized carbons (Fsp3) is 0.462. The lowest BCUT2D eigenvalue weighted by molar-refractivity contribution is -0.119. The van der Waals surface area contributed by atoms with Crippen molar-refractivity contribution in [2.24, 2.45) is 11.1 Å². The van der Waals surface area contributed by atoms with Crippen molar-refractivity contribution in [1.29, 1.82) is 0 Å². The van der Waals surface area contributed by atoms with Gasteiger partial charge in [0.2, 0.25) is 5.91 Å². The SMILES string of the molecule is COc1ccc(NC(=O)[C@H](N)C(C)(C)C)cc1. The van der Waals surface area contributed by atoms with Crippen LogP contribution in [0.2, 0.25) is 0 Å². The summed E-state index contributed by atoms with van der Waals surface area (Å²) < 4.78 is 5.04. The minimum absolute atomic E-state index is 0.178. The van der Waals surface area contributed by atoms with E-state index in [4.69, 9.17) is 10.5 Å². The number of nitrogens with two attached hydrogens (primary N) is 1. The van der Waals surface area contributed by atoms with Crippen LogP contribution in [0.4, 0.5) is 5.69 Å². The van der Waals surface area contributed by atoms with Crippen LogP contribution >= 0.6 is 0 Å². The molecular weight excluding hydrogens is 216 g/mol. The second kappa shape index (κ2) is 5.19. The molecule has 0 saturated heterocycles. The van der Waals surface area contributed by atoms with Gasteiger partial charge >= 0.3 is 0 Å². The Morgan fingerprint density at radius 1 is 1.29 bits per heavy atom. The molecule has 1 aromatic carbocycles. The highest BCUT2D eigenvalue weighted by molar-refractivity contribution is 5.95. The van der Waals surface area contributed by atoms with Crippen molar-refractivity contribution in [1.82, 2.24) is 0 Å². The summed E-state index contributed by atoms with van der Waals surface area (Å²) in [6, 6.07) is 6.61. The number of benzene rings is 1. The number of ether oxygens (including phenoxy) is 1. The molecule has 1 aromatic rings. The Morgan fingerprint density at radius 2 is 1.82 bits per heavy atom. The molecule has 0 radical (unpaired) electrons. The third-order valence-corrected chi connectivity index (χ3v) is 2.57. The first kappa shape index (κ1) is 13.5. The molecule has 1 atom stereocenters. The highest BCUT2D eigenvalue weighted by Gasteiger charge is 2.27. The van der Waals surface area contributed by atoms with Crippen LogP contribution in [0.25, 0.3) is 0 Å². The number of rotatable bonds is 3. The Kier molecular flexibility index (Phi) is 4.12. The fourth-order valence-electron chi connectivity index (χ4n) is 1.29. The van der Waals surface area contributed by atoms with Crippen molar-refractivity contribution >= 4 is 11.6 Å². The molecule has 4 heteroatoms. The maximum absolute atomic E-state index is 11.8. The number of amides is 1. The normalized spacial score (nSPS) is 13.0. The van der Waals surface area contributed by atoms with Crippen LogP contribution in [0, 0.1) is 5.41 Å². The van der Waals surface area contributed by atoms with Gasteiger partial charge in [0, 0.05) is 5.69 Å². The summed E-state index contributed by atoms with van der Waals surface area (Å²) in [6.45, 7) is 5.81. The van der Waals surface area contributed by atoms with E-state index in [1.54, 1.807) is 31.4 Å². The van der Waals surface area contributed by atoms with E-state index in [0.29, 0.717) is 0 Å². The number of carbonyl (C=O) groups excluding carboxylic acids is 1. The average Bonchev–Trinajstić information content (AvgIpc) is 2.27. The summed E-state index contributed by atoms with van der Waals surface area (Å²) in [4.78, 5) is 11.8. The maximum Gasteiger partial charge on any atom is 0.241 e. The van der Waals surface area contributed by atoms with E-state index < -0.39 is 6.04 Å². The first-order chi connectivity index (χ1) is 7.84. The molecule has 0 fully saturated rings. The maximum atomic E-state index is 11.8. The van der Waals surface area contributed by atoms with Crippen molar-refractivity contribution in [2.45, 2.75) is 26.8 Å². The van der Waals surface area contributed by atoms with Crippen LogP contribution in [0.1, 0.15) is 20.8 Å². The summed E-state index contributed by atoms with van der Waals surface area (Å²) in [5.41, 5.74) is 6.33. The zero-order valence-corrected chi connectivity index (χ0v) is 10.8. The van der Waals surface area contributed by atoms with Crippen LogP contribution in [-0.4, -0.2) is 19.1 Å². The number of anilines is 1. The van der Waals surface area contributed by atoms with E-state index in [1.165, 1.54) is 0 Å². The minimum atomic E-state index is -0.537. The first-order valence-electron chi connectivity index (χ1n) is 5.55. The smallest absolute Gasteiger partial charge is 0.241 e. The molecule has 0 unspecified atom stereocenters. The van der Waals surface area contributed by atoms with E-state index in [1.807, 2.05) is 20.8 Å². The van der Waals surface area contributed by atoms with E-state index in [2.05, 4.69) is 5.32 Å². The quantitative estimate of drug-likeness (QED) is 0.843. The summed E-state index contributed by atoms with van der Waals surface area (Å²) in [5.74, 6) is 0.575. The highest BCUT2D eigenvalue weighted by atomic mass is 16.5. The summed E-state index contributed by atoms with van der Waals surface area (Å²) in [6.07, 6.45) is 0. The van der Waals surface area contributed by atoms with Crippen molar-refractivity contribution in [3.8, 4) is 5.75 Å². The van der Waals surface area contributed by atoms with Crippen molar-refractivity contribution < 1.29 is 9.53 Å². The topological polar surface area (TPSA) is 64.3 Å². The molecule has 4 nitrogen and oxygen atoms in total. The van der Waals surface area contributed by atoms with Crippen LogP contribution in [0.5, 0.6) is 5.75 Å². The molecule has 0 saturated carbocycles. The van der Waals surface area contributed by atoms with Gasteiger partial charge in [-0.3, -0.25) is 4.79 Å². The molecule has 0 aliphatic carbocycles. The third-order valence-electron chi connectivity index (χ3n) is 2.57. The Morgan fingerprint density at radius 3 is 2.24 bits per heavy atom. The van der Waals surface area contributed by atoms with Crippen molar-refractivity contribution in [3.05, 3.63) is 24.3 Å². The Labute approximate surface area is 102 Å². The van der Waals surface area contributed by atoms with E-state index >= 15 is 0 Å². The minimum Gasteiger partial charge on any atom is -0.497 e. The van der Waals surface area contributed by atoms with Crippen molar-refractivity contribution in [3.63, 3.8) is 0 Å². The summed E-state index contributed by atoms with van der Waals surface area (Å²) >= 11 is 0. The Hall–Kier alpha value is -1.55. The number of carbonyl (C=O) groups is 1. The molecule has 0 aromatic heterocycles. The lowest BCUT2D eigenvalue weighted by Gasteiger charge is -2.25. The molecule has 0 heterocycles. The molecule has 3 N–H and O–H groups in total. The molecular formula is C13H20N2O2. The summed E-state index contributed by atoms with van der Waals surface area (Å²) in [7, 11) is 1.60. The third kappa shape index (κ3) is 3.75. The molecule has 94 valence electrons. The second-order valence-corrected chi connectivity index (χ2v) is 5.06. The fourth-order valence-corrected chi connectivity index (χ4v) is 1.29. The average molecular weight is 236 g/mol. The Balaban J connectivity index is 2.68. The summed E-state index contributed by atoms with van der Waals surface area (Å²) in [5, 5.41) is 2.78. The lowest BCUT2D eigenvalue weighted by atomic mass is 9.87. The van der Waals surface area contributed by atoms with Gasteiger partial charge in [-0.25, -0.2) is 0 Å². The van der Waals surface area contributed by atoms with Gasteiger partial charge in [0.1, 0.15) is 5.75 Å². The zero-order chi connectivity index (χ0) is 13.1. The van der Waals surface area contributed by atoms with Crippen LogP contribution in [-0.2, 0) is 4.79 Å². The predicted molar refractivity (Wildman–Crippen MR) is 69.1 cm³/mol. The molecule has 0 bridgehead atoms. The van der Waals surface area contributed by atoms with Gasteiger partial charge in [-0.15, -0.1) is 0 Å². The molecule has 1 rings (SSSR count). The number of hydrogen-bond donors (Lipinski definition) is 2. The van der Waals surface area contributed by atoms with Crippen LogP contribution in [0.3, 0.4) is 0 Å².